The summed E-state index contributed by atoms with van der Waals surface area (Å²) in [5.41, 5.74) is 20.2. The lowest BCUT2D eigenvalue weighted by atomic mass is 9.94. The number of para-hydroxylation sites is 3. The van der Waals surface area contributed by atoms with Crippen LogP contribution in [-0.2, 0) is 0 Å². The van der Waals surface area contributed by atoms with Crippen molar-refractivity contribution < 1.29 is 0 Å². The average Bonchev–Trinajstić information content (AvgIpc) is 3.69. The molecular weight excluding hydrogens is 789 g/mol. The lowest BCUT2D eigenvalue weighted by molar-refractivity contribution is 1.18. The van der Waals surface area contributed by atoms with Gasteiger partial charge >= 0.3 is 0 Å². The fraction of sp³-hybridized carbons (Fsp3) is 0.0492. The number of aromatic nitrogens is 3. The molecule has 11 rings (SSSR count). The first-order valence-corrected chi connectivity index (χ1v) is 22.2. The summed E-state index contributed by atoms with van der Waals surface area (Å²) in [4.78, 5) is 12.4. The van der Waals surface area contributed by atoms with Crippen LogP contribution in [0.4, 0.5) is 17.1 Å². The average molecular weight is 835 g/mol. The van der Waals surface area contributed by atoms with Crippen LogP contribution in [0.15, 0.2) is 224 Å². The molecule has 0 saturated heterocycles. The zero-order chi connectivity index (χ0) is 43.9. The van der Waals surface area contributed by atoms with Crippen molar-refractivity contribution in [3.8, 4) is 61.8 Å². The van der Waals surface area contributed by atoms with Crippen molar-refractivity contribution in [2.75, 3.05) is 4.90 Å². The van der Waals surface area contributed by atoms with Gasteiger partial charge in [0.25, 0.3) is 0 Å². The van der Waals surface area contributed by atoms with Gasteiger partial charge in [-0.25, -0.2) is 9.97 Å². The third kappa shape index (κ3) is 7.66. The van der Waals surface area contributed by atoms with E-state index in [1.807, 2.05) is 0 Å². The smallest absolute Gasteiger partial charge is 0.160 e. The molecule has 0 aliphatic carbocycles. The van der Waals surface area contributed by atoms with E-state index in [0.717, 1.165) is 56.7 Å². The van der Waals surface area contributed by atoms with Crippen LogP contribution in [0.1, 0.15) is 16.7 Å². The van der Waals surface area contributed by atoms with Gasteiger partial charge < -0.3 is 9.47 Å². The van der Waals surface area contributed by atoms with Gasteiger partial charge in [0, 0.05) is 50.2 Å². The van der Waals surface area contributed by atoms with Crippen LogP contribution in [0.2, 0.25) is 0 Å². The van der Waals surface area contributed by atoms with Crippen molar-refractivity contribution in [1.29, 1.82) is 0 Å². The normalized spacial score (nSPS) is 11.3. The van der Waals surface area contributed by atoms with E-state index in [-0.39, 0.29) is 0 Å². The summed E-state index contributed by atoms with van der Waals surface area (Å²) in [7, 11) is 0. The third-order valence-corrected chi connectivity index (χ3v) is 12.5. The van der Waals surface area contributed by atoms with E-state index in [1.54, 1.807) is 0 Å². The molecule has 65 heavy (non-hydrogen) atoms. The summed E-state index contributed by atoms with van der Waals surface area (Å²) in [5.74, 6) is 0.723. The minimum absolute atomic E-state index is 0.723. The summed E-state index contributed by atoms with van der Waals surface area (Å²) in [6.07, 6.45) is 0. The monoisotopic (exact) mass is 834 g/mol. The molecule has 0 aliphatic rings. The first kappa shape index (κ1) is 39.5. The topological polar surface area (TPSA) is 34.0 Å². The van der Waals surface area contributed by atoms with Gasteiger partial charge in [0.2, 0.25) is 0 Å². The maximum absolute atomic E-state index is 5.08. The van der Waals surface area contributed by atoms with Crippen LogP contribution in [0, 0.1) is 20.8 Å². The molecule has 310 valence electrons. The van der Waals surface area contributed by atoms with Gasteiger partial charge in [0.1, 0.15) is 0 Å². The minimum Gasteiger partial charge on any atom is -0.310 e. The van der Waals surface area contributed by atoms with Crippen molar-refractivity contribution in [2.45, 2.75) is 20.8 Å². The van der Waals surface area contributed by atoms with Crippen LogP contribution in [-0.4, -0.2) is 14.5 Å². The highest BCUT2D eigenvalue weighted by Gasteiger charge is 2.18. The van der Waals surface area contributed by atoms with Crippen molar-refractivity contribution >= 4 is 38.9 Å². The molecule has 4 nitrogen and oxygen atoms in total. The molecule has 0 fully saturated rings. The second kappa shape index (κ2) is 16.7. The molecule has 11 aromatic rings. The first-order chi connectivity index (χ1) is 31.9. The van der Waals surface area contributed by atoms with Crippen LogP contribution in [0.5, 0.6) is 0 Å². The molecule has 0 N–H and O–H groups in total. The number of rotatable bonds is 9. The van der Waals surface area contributed by atoms with Crippen molar-refractivity contribution in [3.63, 3.8) is 0 Å². The van der Waals surface area contributed by atoms with E-state index in [2.05, 4.69) is 255 Å². The first-order valence-electron chi connectivity index (χ1n) is 22.2. The van der Waals surface area contributed by atoms with Gasteiger partial charge in [-0.3, -0.25) is 0 Å². The standard InChI is InChI=1S/C61H46N4/c1-41-18-22-46(23-19-41)57-40-58(63-61(62-57)48-24-20-42(2)21-25-48)47-28-26-45(27-29-47)54-36-32-49(38-43(54)3)44-30-33-52(34-31-44)65-59-17-11-10-16-55(59)56-39-53(35-37-60(56)65)64(50-12-6-4-7-13-50)51-14-8-5-9-15-51/h4-40H,1-3H3. The van der Waals surface area contributed by atoms with E-state index in [0.29, 0.717) is 0 Å². The predicted molar refractivity (Wildman–Crippen MR) is 272 cm³/mol. The van der Waals surface area contributed by atoms with Crippen molar-refractivity contribution in [2.24, 2.45) is 0 Å². The van der Waals surface area contributed by atoms with Crippen LogP contribution >= 0.6 is 0 Å². The highest BCUT2D eigenvalue weighted by molar-refractivity contribution is 6.10. The summed E-state index contributed by atoms with van der Waals surface area (Å²) < 4.78 is 2.39. The molecule has 2 heterocycles. The number of anilines is 3. The Morgan fingerprint density at radius 3 is 1.48 bits per heavy atom. The van der Waals surface area contributed by atoms with Gasteiger partial charge in [-0.1, -0.05) is 169 Å². The molecule has 0 unspecified atom stereocenters. The Kier molecular flexibility index (Phi) is 10.2. The maximum Gasteiger partial charge on any atom is 0.160 e. The largest absolute Gasteiger partial charge is 0.310 e. The fourth-order valence-corrected chi connectivity index (χ4v) is 9.07. The molecular formula is C61H46N4. The predicted octanol–water partition coefficient (Wildman–Crippen LogP) is 16.3. The Hall–Kier alpha value is -8.34. The summed E-state index contributed by atoms with van der Waals surface area (Å²) in [6.45, 7) is 6.41. The lowest BCUT2D eigenvalue weighted by Crippen LogP contribution is -2.09. The molecule has 0 radical (unpaired) electrons. The van der Waals surface area contributed by atoms with Gasteiger partial charge in [0.05, 0.1) is 22.4 Å². The Labute approximate surface area is 380 Å². The molecule has 0 aliphatic heterocycles. The van der Waals surface area contributed by atoms with E-state index in [9.17, 15) is 0 Å². The molecule has 0 bridgehead atoms. The van der Waals surface area contributed by atoms with Gasteiger partial charge in [-0.05, 0) is 115 Å². The Morgan fingerprint density at radius 2 is 0.862 bits per heavy atom. The maximum atomic E-state index is 5.08. The second-order valence-corrected chi connectivity index (χ2v) is 16.9. The molecule has 2 aromatic heterocycles. The van der Waals surface area contributed by atoms with E-state index in [1.165, 1.54) is 60.8 Å². The lowest BCUT2D eigenvalue weighted by Gasteiger charge is -2.25. The number of aryl methyl sites for hydroxylation is 3. The van der Waals surface area contributed by atoms with Crippen molar-refractivity contribution in [1.82, 2.24) is 14.5 Å². The van der Waals surface area contributed by atoms with Crippen LogP contribution in [0.3, 0.4) is 0 Å². The molecule has 4 heteroatoms. The molecule has 0 saturated carbocycles. The second-order valence-electron chi connectivity index (χ2n) is 16.9. The Balaban J connectivity index is 0.884. The number of nitrogens with zero attached hydrogens (tertiary/aromatic N) is 4. The number of benzene rings is 9. The quantitative estimate of drug-likeness (QED) is 0.145. The number of hydrogen-bond acceptors (Lipinski definition) is 3. The highest BCUT2D eigenvalue weighted by Crippen LogP contribution is 2.40. The number of hydrogen-bond donors (Lipinski definition) is 0. The van der Waals surface area contributed by atoms with Crippen molar-refractivity contribution in [3.05, 3.63) is 241 Å². The molecule has 0 amide bonds. The molecule has 9 aromatic carbocycles. The summed E-state index contributed by atoms with van der Waals surface area (Å²) >= 11 is 0. The van der Waals surface area contributed by atoms with Crippen LogP contribution in [0.25, 0.3) is 83.6 Å². The molecule has 0 atom stereocenters. The van der Waals surface area contributed by atoms with E-state index < -0.39 is 0 Å². The third-order valence-electron chi connectivity index (χ3n) is 12.5. The van der Waals surface area contributed by atoms with Gasteiger partial charge in [0.15, 0.2) is 5.82 Å². The number of fused-ring (bicyclic) bond motifs is 3. The zero-order valence-electron chi connectivity index (χ0n) is 36.7. The highest BCUT2D eigenvalue weighted by atomic mass is 15.1. The minimum atomic E-state index is 0.723. The SMILES string of the molecule is Cc1ccc(-c2cc(-c3ccc(-c4ccc(-c5ccc(-n6c7ccccc7c7cc(N(c8ccccc8)c8ccccc8)ccc76)cc5)cc4C)cc3)nc(-c3ccc(C)cc3)n2)cc1. The van der Waals surface area contributed by atoms with Crippen LogP contribution < -0.4 is 4.90 Å². The Morgan fingerprint density at radius 1 is 0.354 bits per heavy atom. The Bertz CT molecular complexity index is 3360. The zero-order valence-corrected chi connectivity index (χ0v) is 36.7. The summed E-state index contributed by atoms with van der Waals surface area (Å²) in [6, 6.07) is 80.4. The molecule has 0 spiro atoms. The van der Waals surface area contributed by atoms with Gasteiger partial charge in [-0.2, -0.15) is 0 Å². The van der Waals surface area contributed by atoms with E-state index in [4.69, 9.17) is 9.97 Å². The summed E-state index contributed by atoms with van der Waals surface area (Å²) in [5, 5.41) is 2.44. The van der Waals surface area contributed by atoms with Gasteiger partial charge in [-0.15, -0.1) is 0 Å². The van der Waals surface area contributed by atoms with E-state index >= 15 is 0 Å². The fourth-order valence-electron chi connectivity index (χ4n) is 9.07.